The molecule has 7 nitrogen and oxygen atoms in total. The zero-order chi connectivity index (χ0) is 24.7. The number of hydrogen-bond acceptors (Lipinski definition) is 7. The maximum absolute atomic E-state index is 8.09. The molecule has 0 aromatic heterocycles. The molecule has 30 heavy (non-hydrogen) atoms. The van der Waals surface area contributed by atoms with Crippen molar-refractivity contribution in [1.29, 1.82) is 0 Å². The molecular formula is C23H54O7. The number of rotatable bonds is 12. The van der Waals surface area contributed by atoms with Gasteiger partial charge in [-0.15, -0.1) is 13.2 Å². The van der Waals surface area contributed by atoms with Gasteiger partial charge < -0.3 is 34.6 Å². The topological polar surface area (TPSA) is 109 Å². The third-order valence-corrected chi connectivity index (χ3v) is 1.97. The van der Waals surface area contributed by atoms with E-state index >= 15 is 0 Å². The monoisotopic (exact) mass is 442 g/mol. The number of aliphatic hydroxyl groups is 4. The molecule has 0 unspecified atom stereocenters. The summed E-state index contributed by atoms with van der Waals surface area (Å²) in [5.74, 6) is 0. The summed E-state index contributed by atoms with van der Waals surface area (Å²) >= 11 is 0. The van der Waals surface area contributed by atoms with Crippen molar-refractivity contribution >= 4 is 0 Å². The van der Waals surface area contributed by atoms with Crippen LogP contribution in [0.1, 0.15) is 60.8 Å². The number of allylic oxidation sites excluding steroid dienone is 2. The van der Waals surface area contributed by atoms with Crippen LogP contribution in [0.3, 0.4) is 0 Å². The minimum absolute atomic E-state index is 0.0278. The minimum atomic E-state index is -0.125. The van der Waals surface area contributed by atoms with E-state index in [9.17, 15) is 0 Å². The molecule has 0 fully saturated rings. The van der Waals surface area contributed by atoms with Gasteiger partial charge in [0.1, 0.15) is 0 Å². The fraction of sp³-hybridized carbons (Fsp3) is 0.826. The number of aliphatic hydroxyl groups excluding tert-OH is 4. The molecule has 0 aliphatic heterocycles. The average molecular weight is 443 g/mol. The van der Waals surface area contributed by atoms with E-state index in [4.69, 9.17) is 29.9 Å². The molecule has 0 amide bonds. The Morgan fingerprint density at radius 3 is 1.13 bits per heavy atom. The summed E-state index contributed by atoms with van der Waals surface area (Å²) < 4.78 is 14.7. The average Bonchev–Trinajstić information content (AvgIpc) is 2.75. The second-order valence-electron chi connectivity index (χ2n) is 5.07. The van der Waals surface area contributed by atoms with Gasteiger partial charge in [0, 0.05) is 26.4 Å². The van der Waals surface area contributed by atoms with Crippen molar-refractivity contribution in [2.75, 3.05) is 66.1 Å². The second kappa shape index (κ2) is 70.5. The number of unbranched alkanes of at least 4 members (excludes halogenated alkanes) is 1. The van der Waals surface area contributed by atoms with Crippen LogP contribution in [0.2, 0.25) is 0 Å². The van der Waals surface area contributed by atoms with Crippen LogP contribution in [0.4, 0.5) is 0 Å². The Balaban J connectivity index is -0.0000000602. The number of hydrogen-bond donors (Lipinski definition) is 4. The molecule has 0 bridgehead atoms. The summed E-state index contributed by atoms with van der Waals surface area (Å²) in [5, 5.41) is 31.4. The fourth-order valence-corrected chi connectivity index (χ4v) is 0.928. The van der Waals surface area contributed by atoms with E-state index in [1.165, 1.54) is 12.8 Å². The van der Waals surface area contributed by atoms with Crippen LogP contribution in [0.15, 0.2) is 25.3 Å². The van der Waals surface area contributed by atoms with Gasteiger partial charge in [-0.2, -0.15) is 0 Å². The predicted molar refractivity (Wildman–Crippen MR) is 129 cm³/mol. The van der Waals surface area contributed by atoms with E-state index in [0.29, 0.717) is 13.2 Å². The molecule has 0 saturated carbocycles. The van der Waals surface area contributed by atoms with Gasteiger partial charge in [-0.3, -0.25) is 0 Å². The van der Waals surface area contributed by atoms with Gasteiger partial charge in [-0.25, -0.2) is 0 Å². The van der Waals surface area contributed by atoms with Crippen LogP contribution >= 0.6 is 0 Å². The fourth-order valence-electron chi connectivity index (χ4n) is 0.928. The van der Waals surface area contributed by atoms with Crippen LogP contribution < -0.4 is 0 Å². The zero-order valence-electron chi connectivity index (χ0n) is 20.8. The summed E-state index contributed by atoms with van der Waals surface area (Å²) in [7, 11) is 0. The van der Waals surface area contributed by atoms with Crippen molar-refractivity contribution in [2.45, 2.75) is 60.8 Å². The molecule has 0 saturated heterocycles. The Hall–Kier alpha value is -0.800. The molecule has 0 aromatic carbocycles. The molecular weight excluding hydrogens is 388 g/mol. The van der Waals surface area contributed by atoms with Gasteiger partial charge in [0.2, 0.25) is 0 Å². The lowest BCUT2D eigenvalue weighted by Crippen LogP contribution is -2.03. The Kier molecular flexibility index (Phi) is 101. The highest BCUT2D eigenvalue weighted by molar-refractivity contribution is 4.52. The van der Waals surface area contributed by atoms with E-state index in [0.717, 1.165) is 32.8 Å². The zero-order valence-corrected chi connectivity index (χ0v) is 20.8. The summed E-state index contributed by atoms with van der Waals surface area (Å²) in [6, 6.07) is 0. The molecule has 0 atom stereocenters. The van der Waals surface area contributed by atoms with Crippen LogP contribution in [0, 0.1) is 0 Å². The molecule has 0 heterocycles. The first kappa shape index (κ1) is 43.1. The van der Waals surface area contributed by atoms with E-state index in [-0.39, 0.29) is 26.4 Å². The third-order valence-electron chi connectivity index (χ3n) is 1.97. The summed E-state index contributed by atoms with van der Waals surface area (Å²) in [5.41, 5.74) is 0. The van der Waals surface area contributed by atoms with Crippen LogP contribution in [0.5, 0.6) is 0 Å². The maximum Gasteiger partial charge on any atom is 0.0698 e. The lowest BCUT2D eigenvalue weighted by molar-refractivity contribution is 0.0650. The van der Waals surface area contributed by atoms with Crippen molar-refractivity contribution in [3.05, 3.63) is 25.3 Å². The summed E-state index contributed by atoms with van der Waals surface area (Å²) in [4.78, 5) is 0. The lowest BCUT2D eigenvalue weighted by Gasteiger charge is -1.97. The molecule has 0 aliphatic carbocycles. The molecule has 0 rings (SSSR count). The first-order valence-corrected chi connectivity index (χ1v) is 10.8. The van der Waals surface area contributed by atoms with E-state index in [2.05, 4.69) is 31.7 Å². The Labute approximate surface area is 187 Å². The Morgan fingerprint density at radius 1 is 0.567 bits per heavy atom. The molecule has 0 radical (unpaired) electrons. The third kappa shape index (κ3) is 149. The van der Waals surface area contributed by atoms with E-state index < -0.39 is 0 Å². The van der Waals surface area contributed by atoms with Crippen LogP contribution in [0.25, 0.3) is 0 Å². The van der Waals surface area contributed by atoms with Crippen molar-refractivity contribution in [3.63, 3.8) is 0 Å². The van der Waals surface area contributed by atoms with Gasteiger partial charge in [-0.1, -0.05) is 32.4 Å². The Bertz CT molecular complexity index is 196. The van der Waals surface area contributed by atoms with E-state index in [1.54, 1.807) is 12.2 Å². The van der Waals surface area contributed by atoms with Crippen molar-refractivity contribution in [2.24, 2.45) is 0 Å². The standard InChI is InChI=1S/C7H16O.C4H10O3.C4H10O.2C3H6.C2H6O2/c1-3-5-7-8-6-4-2;5-1-3-7-4-2-6;1-3-5-4-2;2*1-3-2;3-1-2-4/h3-7H2,1-2H3;5-6H,1-4H2;3-4H2,1-2H3;2*3H,1H2,2H3;3-4H,1-2H2. The molecule has 7 heteroatoms. The molecule has 0 aliphatic rings. The highest BCUT2D eigenvalue weighted by Gasteiger charge is 1.82. The van der Waals surface area contributed by atoms with Gasteiger partial charge in [0.15, 0.2) is 0 Å². The van der Waals surface area contributed by atoms with Gasteiger partial charge in [0.25, 0.3) is 0 Å². The van der Waals surface area contributed by atoms with Crippen molar-refractivity contribution in [1.82, 2.24) is 0 Å². The van der Waals surface area contributed by atoms with Crippen molar-refractivity contribution < 1.29 is 34.6 Å². The highest BCUT2D eigenvalue weighted by atomic mass is 16.5. The number of ether oxygens (including phenoxy) is 3. The highest BCUT2D eigenvalue weighted by Crippen LogP contribution is 1.88. The van der Waals surface area contributed by atoms with Gasteiger partial charge >= 0.3 is 0 Å². The predicted octanol–water partition coefficient (Wildman–Crippen LogP) is 3.60. The first-order valence-electron chi connectivity index (χ1n) is 10.8. The summed E-state index contributed by atoms with van der Waals surface area (Å²) in [6.07, 6.45) is 7.09. The quantitative estimate of drug-likeness (QED) is 0.270. The van der Waals surface area contributed by atoms with Crippen LogP contribution in [-0.2, 0) is 14.2 Å². The maximum atomic E-state index is 8.09. The Morgan fingerprint density at radius 2 is 0.933 bits per heavy atom. The molecule has 4 N–H and O–H groups in total. The SMILES string of the molecule is C=CC.C=CC.CCCCOCCC.CCOCC.OCCO.OCCOCCO. The van der Waals surface area contributed by atoms with E-state index in [1.807, 2.05) is 27.7 Å². The smallest absolute Gasteiger partial charge is 0.0698 e. The first-order chi connectivity index (χ1) is 14.5. The lowest BCUT2D eigenvalue weighted by atomic mass is 10.4. The molecule has 188 valence electrons. The minimum Gasteiger partial charge on any atom is -0.394 e. The molecule has 0 aromatic rings. The van der Waals surface area contributed by atoms with Crippen LogP contribution in [-0.4, -0.2) is 86.5 Å². The second-order valence-corrected chi connectivity index (χ2v) is 5.07. The van der Waals surface area contributed by atoms with Gasteiger partial charge in [-0.05, 0) is 40.5 Å². The molecule has 0 spiro atoms. The summed E-state index contributed by atoms with van der Waals surface area (Å²) in [6.45, 7) is 22.8. The van der Waals surface area contributed by atoms with Crippen molar-refractivity contribution in [3.8, 4) is 0 Å². The normalized spacial score (nSPS) is 8.07. The largest absolute Gasteiger partial charge is 0.394 e. The van der Waals surface area contributed by atoms with Gasteiger partial charge in [0.05, 0.1) is 39.6 Å².